The van der Waals surface area contributed by atoms with Crippen molar-refractivity contribution in [3.63, 3.8) is 0 Å². The molecule has 1 N–H and O–H groups in total. The van der Waals surface area contributed by atoms with Crippen molar-refractivity contribution in [2.24, 2.45) is 4.58 Å². The summed E-state index contributed by atoms with van der Waals surface area (Å²) in [4.78, 5) is 11.1. The van der Waals surface area contributed by atoms with E-state index in [-0.39, 0.29) is 0 Å². The summed E-state index contributed by atoms with van der Waals surface area (Å²) in [6.07, 6.45) is 2.27. The molecule has 0 bridgehead atoms. The highest BCUT2D eigenvalue weighted by Gasteiger charge is 2.03. The van der Waals surface area contributed by atoms with E-state index in [1.54, 1.807) is 0 Å². The molecule has 0 radical (unpaired) electrons. The van der Waals surface area contributed by atoms with Gasteiger partial charge in [-0.25, -0.2) is 0 Å². The van der Waals surface area contributed by atoms with Crippen LogP contribution in [0.2, 0.25) is 0 Å². The zero-order chi connectivity index (χ0) is 11.1. The number of nitrogens with one attached hydrogen (secondary N) is 1. The lowest BCUT2D eigenvalue weighted by Gasteiger charge is -2.09. The van der Waals surface area contributed by atoms with Crippen LogP contribution in [0, 0.1) is 4.91 Å². The highest BCUT2D eigenvalue weighted by molar-refractivity contribution is 9.10. The van der Waals surface area contributed by atoms with Crippen molar-refractivity contribution in [1.29, 1.82) is 0 Å². The van der Waals surface area contributed by atoms with Crippen LogP contribution in [0.5, 0.6) is 0 Å². The summed E-state index contributed by atoms with van der Waals surface area (Å²) in [6, 6.07) is 5.79. The first-order valence-electron chi connectivity index (χ1n) is 4.81. The minimum absolute atomic E-state index is 0.857. The zero-order valence-electron chi connectivity index (χ0n) is 8.50. The van der Waals surface area contributed by atoms with Crippen LogP contribution in [0.15, 0.2) is 32.1 Å². The van der Waals surface area contributed by atoms with Gasteiger partial charge in [0.2, 0.25) is 0 Å². The van der Waals surface area contributed by atoms with E-state index in [9.17, 15) is 4.91 Å². The maximum Gasteiger partial charge on any atom is 0.0592 e. The van der Waals surface area contributed by atoms with Gasteiger partial charge in [-0.15, -0.1) is 4.91 Å². The molecule has 0 unspecified atom stereocenters. The SMILES string of the molecule is CCCCNc1ccc(Br)cc1SN=O. The molecular formula is C10H13BrN2OS. The van der Waals surface area contributed by atoms with Crippen molar-refractivity contribution in [2.75, 3.05) is 11.9 Å². The van der Waals surface area contributed by atoms with Crippen molar-refractivity contribution in [1.82, 2.24) is 0 Å². The lowest BCUT2D eigenvalue weighted by atomic mass is 10.3. The van der Waals surface area contributed by atoms with Gasteiger partial charge in [-0.3, -0.25) is 0 Å². The summed E-state index contributed by atoms with van der Waals surface area (Å²) in [6.45, 7) is 3.07. The van der Waals surface area contributed by atoms with E-state index < -0.39 is 0 Å². The minimum atomic E-state index is 0.857. The Hall–Kier alpha value is -0.550. The average Bonchev–Trinajstić information content (AvgIpc) is 2.22. The number of nitroso groups, excluding NO2 is 1. The summed E-state index contributed by atoms with van der Waals surface area (Å²) < 4.78 is 3.80. The molecule has 1 aromatic carbocycles. The predicted molar refractivity (Wildman–Crippen MR) is 69.2 cm³/mol. The number of hydrogen-bond acceptors (Lipinski definition) is 4. The topological polar surface area (TPSA) is 41.5 Å². The quantitative estimate of drug-likeness (QED) is 0.478. The van der Waals surface area contributed by atoms with E-state index in [0.717, 1.165) is 46.4 Å². The summed E-state index contributed by atoms with van der Waals surface area (Å²) in [7, 11) is 0. The van der Waals surface area contributed by atoms with Gasteiger partial charge in [0.25, 0.3) is 0 Å². The molecular weight excluding hydrogens is 276 g/mol. The van der Waals surface area contributed by atoms with Crippen molar-refractivity contribution in [2.45, 2.75) is 24.7 Å². The predicted octanol–water partition coefficient (Wildman–Crippen LogP) is 4.43. The molecule has 82 valence electrons. The van der Waals surface area contributed by atoms with Gasteiger partial charge in [0.05, 0.1) is 16.8 Å². The van der Waals surface area contributed by atoms with Crippen molar-refractivity contribution in [3.05, 3.63) is 27.6 Å². The number of benzene rings is 1. The van der Waals surface area contributed by atoms with Crippen LogP contribution in [0.4, 0.5) is 5.69 Å². The van der Waals surface area contributed by atoms with E-state index in [1.165, 1.54) is 0 Å². The average molecular weight is 289 g/mol. The molecule has 0 aliphatic carbocycles. The number of halogens is 1. The maximum atomic E-state index is 10.2. The molecule has 0 aromatic heterocycles. The molecule has 0 heterocycles. The summed E-state index contributed by atoms with van der Waals surface area (Å²) in [5.74, 6) is 0. The Kier molecular flexibility index (Phi) is 5.71. The van der Waals surface area contributed by atoms with E-state index in [1.807, 2.05) is 18.2 Å². The van der Waals surface area contributed by atoms with Gasteiger partial charge in [0.1, 0.15) is 0 Å². The Labute approximate surface area is 102 Å². The van der Waals surface area contributed by atoms with Gasteiger partial charge >= 0.3 is 0 Å². The fraction of sp³-hybridized carbons (Fsp3) is 0.400. The second kappa shape index (κ2) is 6.85. The monoisotopic (exact) mass is 288 g/mol. The minimum Gasteiger partial charge on any atom is -0.384 e. The van der Waals surface area contributed by atoms with Gasteiger partial charge in [-0.2, -0.15) is 0 Å². The van der Waals surface area contributed by atoms with Gasteiger partial charge in [0.15, 0.2) is 0 Å². The van der Waals surface area contributed by atoms with Crippen molar-refractivity contribution < 1.29 is 0 Å². The van der Waals surface area contributed by atoms with Crippen LogP contribution in [0.3, 0.4) is 0 Å². The third-order valence-electron chi connectivity index (χ3n) is 1.93. The number of unbranched alkanes of at least 4 members (excludes halogenated alkanes) is 1. The Morgan fingerprint density at radius 2 is 2.33 bits per heavy atom. The first-order chi connectivity index (χ1) is 7.27. The lowest BCUT2D eigenvalue weighted by molar-refractivity contribution is 0.832. The number of hydrogen-bond donors (Lipinski definition) is 1. The van der Waals surface area contributed by atoms with Crippen LogP contribution < -0.4 is 5.32 Å². The molecule has 0 atom stereocenters. The molecule has 0 saturated heterocycles. The Morgan fingerprint density at radius 3 is 3.00 bits per heavy atom. The van der Waals surface area contributed by atoms with Crippen LogP contribution in [-0.4, -0.2) is 6.54 Å². The second-order valence-corrected chi connectivity index (χ2v) is 4.77. The fourth-order valence-electron chi connectivity index (χ4n) is 1.16. The fourth-order valence-corrected chi connectivity index (χ4v) is 2.17. The number of nitrogens with zero attached hydrogens (tertiary/aromatic N) is 1. The molecule has 0 fully saturated rings. The zero-order valence-corrected chi connectivity index (χ0v) is 10.9. The summed E-state index contributed by atoms with van der Waals surface area (Å²) >= 11 is 4.31. The van der Waals surface area contributed by atoms with Crippen LogP contribution >= 0.6 is 27.9 Å². The second-order valence-electron chi connectivity index (χ2n) is 3.09. The molecule has 0 aliphatic heterocycles. The largest absolute Gasteiger partial charge is 0.384 e. The number of rotatable bonds is 6. The molecule has 5 heteroatoms. The summed E-state index contributed by atoms with van der Waals surface area (Å²) in [5.41, 5.74) is 0.969. The maximum absolute atomic E-state index is 10.2. The van der Waals surface area contributed by atoms with Gasteiger partial charge in [0, 0.05) is 21.3 Å². The highest BCUT2D eigenvalue weighted by atomic mass is 79.9. The van der Waals surface area contributed by atoms with Crippen LogP contribution in [0.25, 0.3) is 0 Å². The number of anilines is 1. The van der Waals surface area contributed by atoms with Crippen LogP contribution in [-0.2, 0) is 0 Å². The third kappa shape index (κ3) is 4.22. The summed E-state index contributed by atoms with van der Waals surface area (Å²) in [5, 5.41) is 3.29. The molecule has 3 nitrogen and oxygen atoms in total. The molecule has 0 aliphatic rings. The van der Waals surface area contributed by atoms with Crippen molar-refractivity contribution in [3.8, 4) is 0 Å². The van der Waals surface area contributed by atoms with Gasteiger partial charge in [-0.05, 0) is 24.6 Å². The molecule has 1 aromatic rings. The Balaban J connectivity index is 2.71. The Bertz CT molecular complexity index is 333. The highest BCUT2D eigenvalue weighted by Crippen LogP contribution is 2.30. The standard InChI is InChI=1S/C10H13BrN2OS/c1-2-3-6-12-9-5-4-8(11)7-10(9)15-13-14/h4-5,7,12H,2-3,6H2,1H3. The normalized spacial score (nSPS) is 10.0. The molecule has 0 spiro atoms. The van der Waals surface area contributed by atoms with Gasteiger partial charge in [-0.1, -0.05) is 29.3 Å². The lowest BCUT2D eigenvalue weighted by Crippen LogP contribution is -2.01. The first kappa shape index (κ1) is 12.5. The molecule has 1 rings (SSSR count). The van der Waals surface area contributed by atoms with E-state index in [0.29, 0.717) is 0 Å². The first-order valence-corrected chi connectivity index (χ1v) is 6.37. The Morgan fingerprint density at radius 1 is 1.53 bits per heavy atom. The van der Waals surface area contributed by atoms with E-state index >= 15 is 0 Å². The molecule has 15 heavy (non-hydrogen) atoms. The van der Waals surface area contributed by atoms with Crippen LogP contribution in [0.1, 0.15) is 19.8 Å². The molecule has 0 amide bonds. The van der Waals surface area contributed by atoms with Gasteiger partial charge < -0.3 is 5.32 Å². The van der Waals surface area contributed by atoms with E-state index in [2.05, 4.69) is 32.8 Å². The van der Waals surface area contributed by atoms with E-state index in [4.69, 9.17) is 0 Å². The van der Waals surface area contributed by atoms with Crippen molar-refractivity contribution >= 4 is 33.6 Å². The smallest absolute Gasteiger partial charge is 0.0592 e. The third-order valence-corrected chi connectivity index (χ3v) is 3.03. The molecule has 0 saturated carbocycles.